The van der Waals surface area contributed by atoms with E-state index in [4.69, 9.17) is 16.2 Å². The fourth-order valence-electron chi connectivity index (χ4n) is 1.35. The topological polar surface area (TPSA) is 61.3 Å². The smallest absolute Gasteiger partial charge is 0.141 e. The Labute approximate surface area is 85.0 Å². The average Bonchev–Trinajstić information content (AvgIpc) is 2.16. The van der Waals surface area contributed by atoms with Crippen molar-refractivity contribution in [1.29, 1.82) is 0 Å². The number of anilines is 1. The molecule has 0 aliphatic carbocycles. The molecule has 14 heavy (non-hydrogen) atoms. The Balaban J connectivity index is 2.96. The van der Waals surface area contributed by atoms with Gasteiger partial charge in [-0.05, 0) is 23.6 Å². The van der Waals surface area contributed by atoms with Crippen molar-refractivity contribution in [3.05, 3.63) is 23.8 Å². The quantitative estimate of drug-likeness (QED) is 0.723. The lowest BCUT2D eigenvalue weighted by Gasteiger charge is -2.17. The van der Waals surface area contributed by atoms with Crippen LogP contribution in [0.1, 0.15) is 25.5 Å². The van der Waals surface area contributed by atoms with E-state index >= 15 is 0 Å². The van der Waals surface area contributed by atoms with Gasteiger partial charge in [0.25, 0.3) is 0 Å². The van der Waals surface area contributed by atoms with Crippen molar-refractivity contribution in [2.24, 2.45) is 11.7 Å². The molecule has 0 aliphatic rings. The van der Waals surface area contributed by atoms with E-state index in [-0.39, 0.29) is 6.04 Å². The number of methoxy groups -OCH3 is 1. The highest BCUT2D eigenvalue weighted by atomic mass is 16.5. The largest absolute Gasteiger partial charge is 0.495 e. The summed E-state index contributed by atoms with van der Waals surface area (Å²) >= 11 is 0. The number of hydrogen-bond acceptors (Lipinski definition) is 3. The van der Waals surface area contributed by atoms with Crippen molar-refractivity contribution in [3.8, 4) is 5.75 Å². The molecule has 0 fully saturated rings. The maximum Gasteiger partial charge on any atom is 0.141 e. The summed E-state index contributed by atoms with van der Waals surface area (Å²) < 4.78 is 5.07. The first-order valence-electron chi connectivity index (χ1n) is 4.75. The van der Waals surface area contributed by atoms with Gasteiger partial charge in [-0.15, -0.1) is 0 Å². The number of ether oxygens (including phenoxy) is 1. The minimum Gasteiger partial charge on any atom is -0.495 e. The molecule has 4 N–H and O–H groups in total. The second-order valence-electron chi connectivity index (χ2n) is 3.77. The van der Waals surface area contributed by atoms with Crippen molar-refractivity contribution >= 4 is 5.69 Å². The number of nitrogen functional groups attached to an aromatic ring is 1. The standard InChI is InChI=1S/C11H18N2O/c1-7(2)11(13)8-4-5-10(14-3)9(12)6-8/h4-7,11H,12-13H2,1-3H3/t11-/m1/s1. The predicted octanol–water partition coefficient (Wildman–Crippen LogP) is 1.93. The normalized spacial score (nSPS) is 12.9. The molecule has 0 aliphatic heterocycles. The summed E-state index contributed by atoms with van der Waals surface area (Å²) in [5.74, 6) is 1.10. The van der Waals surface area contributed by atoms with E-state index in [1.165, 1.54) is 0 Å². The lowest BCUT2D eigenvalue weighted by molar-refractivity contribution is 0.416. The first-order valence-corrected chi connectivity index (χ1v) is 4.75. The Bertz CT molecular complexity index is 310. The van der Waals surface area contributed by atoms with Crippen LogP contribution in [0.3, 0.4) is 0 Å². The predicted molar refractivity (Wildman–Crippen MR) is 59.2 cm³/mol. The van der Waals surface area contributed by atoms with Crippen LogP contribution in [0.15, 0.2) is 18.2 Å². The highest BCUT2D eigenvalue weighted by Gasteiger charge is 2.11. The Hall–Kier alpha value is -1.22. The third-order valence-corrected chi connectivity index (χ3v) is 2.36. The van der Waals surface area contributed by atoms with Crippen LogP contribution in [0.4, 0.5) is 5.69 Å². The maximum absolute atomic E-state index is 6.00. The van der Waals surface area contributed by atoms with E-state index in [0.29, 0.717) is 17.4 Å². The first-order chi connectivity index (χ1) is 6.56. The van der Waals surface area contributed by atoms with Crippen LogP contribution in [0.2, 0.25) is 0 Å². The summed E-state index contributed by atoms with van der Waals surface area (Å²) in [6, 6.07) is 5.72. The van der Waals surface area contributed by atoms with Gasteiger partial charge in [-0.25, -0.2) is 0 Å². The molecule has 3 heteroatoms. The number of benzene rings is 1. The number of rotatable bonds is 3. The molecule has 0 aromatic heterocycles. The Morgan fingerprint density at radius 3 is 2.36 bits per heavy atom. The van der Waals surface area contributed by atoms with Gasteiger partial charge in [-0.2, -0.15) is 0 Å². The monoisotopic (exact) mass is 194 g/mol. The molecule has 0 saturated heterocycles. The Morgan fingerprint density at radius 2 is 1.93 bits per heavy atom. The molecule has 1 aromatic carbocycles. The molecule has 0 amide bonds. The molecule has 0 radical (unpaired) electrons. The third-order valence-electron chi connectivity index (χ3n) is 2.36. The lowest BCUT2D eigenvalue weighted by Crippen LogP contribution is -2.16. The zero-order valence-electron chi connectivity index (χ0n) is 8.95. The van der Waals surface area contributed by atoms with E-state index in [1.54, 1.807) is 7.11 Å². The molecule has 1 rings (SSSR count). The van der Waals surface area contributed by atoms with Crippen molar-refractivity contribution in [2.45, 2.75) is 19.9 Å². The first kappa shape index (κ1) is 10.9. The zero-order valence-corrected chi connectivity index (χ0v) is 8.95. The van der Waals surface area contributed by atoms with Crippen LogP contribution in [0.25, 0.3) is 0 Å². The van der Waals surface area contributed by atoms with Crippen LogP contribution in [0, 0.1) is 5.92 Å². The zero-order chi connectivity index (χ0) is 10.7. The maximum atomic E-state index is 6.00. The van der Waals surface area contributed by atoms with Crippen LogP contribution in [-0.4, -0.2) is 7.11 Å². The molecule has 0 heterocycles. The van der Waals surface area contributed by atoms with Crippen molar-refractivity contribution in [1.82, 2.24) is 0 Å². The van der Waals surface area contributed by atoms with Gasteiger partial charge in [-0.1, -0.05) is 19.9 Å². The van der Waals surface area contributed by atoms with Crippen molar-refractivity contribution in [3.63, 3.8) is 0 Å². The highest BCUT2D eigenvalue weighted by molar-refractivity contribution is 5.54. The summed E-state index contributed by atoms with van der Waals surface area (Å²) in [5.41, 5.74) is 13.5. The van der Waals surface area contributed by atoms with Crippen molar-refractivity contribution < 1.29 is 4.74 Å². The number of nitrogens with two attached hydrogens (primary N) is 2. The van der Waals surface area contributed by atoms with Crippen LogP contribution >= 0.6 is 0 Å². The summed E-state index contributed by atoms with van der Waals surface area (Å²) in [7, 11) is 1.60. The molecule has 78 valence electrons. The second-order valence-corrected chi connectivity index (χ2v) is 3.77. The third kappa shape index (κ3) is 2.17. The average molecular weight is 194 g/mol. The molecule has 1 atom stereocenters. The van der Waals surface area contributed by atoms with Gasteiger partial charge < -0.3 is 16.2 Å². The fraction of sp³-hybridized carbons (Fsp3) is 0.455. The van der Waals surface area contributed by atoms with Crippen LogP contribution in [-0.2, 0) is 0 Å². The molecular weight excluding hydrogens is 176 g/mol. The van der Waals surface area contributed by atoms with E-state index in [1.807, 2.05) is 18.2 Å². The van der Waals surface area contributed by atoms with Gasteiger partial charge in [0.2, 0.25) is 0 Å². The van der Waals surface area contributed by atoms with E-state index in [2.05, 4.69) is 13.8 Å². The Morgan fingerprint density at radius 1 is 1.29 bits per heavy atom. The molecule has 0 unspecified atom stereocenters. The van der Waals surface area contributed by atoms with Gasteiger partial charge in [0, 0.05) is 6.04 Å². The minimum atomic E-state index is 0.0307. The van der Waals surface area contributed by atoms with E-state index in [9.17, 15) is 0 Å². The molecule has 1 aromatic rings. The van der Waals surface area contributed by atoms with Gasteiger partial charge in [-0.3, -0.25) is 0 Å². The van der Waals surface area contributed by atoms with Gasteiger partial charge >= 0.3 is 0 Å². The molecule has 0 bridgehead atoms. The minimum absolute atomic E-state index is 0.0307. The highest BCUT2D eigenvalue weighted by Crippen LogP contribution is 2.27. The van der Waals surface area contributed by atoms with Gasteiger partial charge in [0.15, 0.2) is 0 Å². The van der Waals surface area contributed by atoms with Gasteiger partial charge in [0.05, 0.1) is 12.8 Å². The Kier molecular flexibility index (Phi) is 3.36. The van der Waals surface area contributed by atoms with E-state index in [0.717, 1.165) is 5.56 Å². The molecule has 0 spiro atoms. The molecular formula is C11H18N2O. The van der Waals surface area contributed by atoms with Crippen LogP contribution in [0.5, 0.6) is 5.75 Å². The fourth-order valence-corrected chi connectivity index (χ4v) is 1.35. The molecule has 0 saturated carbocycles. The second kappa shape index (κ2) is 4.33. The number of hydrogen-bond donors (Lipinski definition) is 2. The summed E-state index contributed by atoms with van der Waals surface area (Å²) in [6.45, 7) is 4.18. The van der Waals surface area contributed by atoms with Gasteiger partial charge in [0.1, 0.15) is 5.75 Å². The van der Waals surface area contributed by atoms with E-state index < -0.39 is 0 Å². The summed E-state index contributed by atoms with van der Waals surface area (Å²) in [5, 5.41) is 0. The summed E-state index contributed by atoms with van der Waals surface area (Å²) in [4.78, 5) is 0. The van der Waals surface area contributed by atoms with Crippen LogP contribution < -0.4 is 16.2 Å². The lowest BCUT2D eigenvalue weighted by atomic mass is 9.96. The SMILES string of the molecule is COc1ccc([C@H](N)C(C)C)cc1N. The molecule has 3 nitrogen and oxygen atoms in total. The van der Waals surface area contributed by atoms with Crippen molar-refractivity contribution in [2.75, 3.05) is 12.8 Å². The summed E-state index contributed by atoms with van der Waals surface area (Å²) in [6.07, 6.45) is 0.